The Morgan fingerprint density at radius 3 is 2.38 bits per heavy atom. The number of carbonyl (C=O) groups excluding carboxylic acids is 1. The van der Waals surface area contributed by atoms with Crippen molar-refractivity contribution in [3.8, 4) is 17.2 Å². The molecule has 0 aliphatic heterocycles. The van der Waals surface area contributed by atoms with Crippen LogP contribution in [0.4, 0.5) is 5.13 Å². The average Bonchev–Trinajstić information content (AvgIpc) is 3.29. The molecule has 0 radical (unpaired) electrons. The van der Waals surface area contributed by atoms with Crippen LogP contribution in [0.15, 0.2) is 60.8 Å². The van der Waals surface area contributed by atoms with Gasteiger partial charge >= 0.3 is 0 Å². The van der Waals surface area contributed by atoms with Gasteiger partial charge in [0.25, 0.3) is 5.91 Å². The van der Waals surface area contributed by atoms with Crippen molar-refractivity contribution in [2.45, 2.75) is 26.0 Å². The Labute approximate surface area is 206 Å². The quantitative estimate of drug-likeness (QED) is 0.308. The van der Waals surface area contributed by atoms with E-state index >= 15 is 0 Å². The lowest BCUT2D eigenvalue weighted by Crippen LogP contribution is -2.49. The molecule has 0 aliphatic carbocycles. The third-order valence-electron chi connectivity index (χ3n) is 5.12. The maximum atomic E-state index is 13.9. The number of halogens is 1. The number of rotatable bonds is 8. The minimum absolute atomic E-state index is 0.220. The van der Waals surface area contributed by atoms with E-state index in [0.29, 0.717) is 32.9 Å². The molecular weight excluding hydrogens is 474 g/mol. The van der Waals surface area contributed by atoms with Gasteiger partial charge in [0, 0.05) is 11.2 Å². The number of ether oxygens (including phenoxy) is 3. The summed E-state index contributed by atoms with van der Waals surface area (Å²) in [6.07, 6.45) is 1.69. The fourth-order valence-electron chi connectivity index (χ4n) is 3.44. The molecule has 0 saturated heterocycles. The van der Waals surface area contributed by atoms with Crippen molar-refractivity contribution >= 4 is 44.2 Å². The van der Waals surface area contributed by atoms with Gasteiger partial charge in [0.05, 0.1) is 26.5 Å². The second kappa shape index (κ2) is 9.87. The fraction of sp³-hybridized carbons (Fsp3) is 0.240. The lowest BCUT2D eigenvalue weighted by molar-refractivity contribution is -0.131. The molecule has 34 heavy (non-hydrogen) atoms. The maximum absolute atomic E-state index is 13.9. The summed E-state index contributed by atoms with van der Waals surface area (Å²) in [7, 11) is 3.18. The van der Waals surface area contributed by atoms with Crippen LogP contribution in [0.2, 0.25) is 5.02 Å². The van der Waals surface area contributed by atoms with E-state index in [1.54, 1.807) is 69.5 Å². The van der Waals surface area contributed by atoms with E-state index in [1.807, 2.05) is 24.3 Å². The van der Waals surface area contributed by atoms with E-state index in [2.05, 4.69) is 4.98 Å². The summed E-state index contributed by atoms with van der Waals surface area (Å²) in [5.41, 5.74) is 0.141. The lowest BCUT2D eigenvalue weighted by Gasteiger charge is -2.31. The fourth-order valence-corrected chi connectivity index (χ4v) is 4.63. The summed E-state index contributed by atoms with van der Waals surface area (Å²) < 4.78 is 17.9. The zero-order valence-corrected chi connectivity index (χ0v) is 20.8. The Hall–Kier alpha value is -3.36. The molecule has 0 fully saturated rings. The van der Waals surface area contributed by atoms with Crippen molar-refractivity contribution in [3.05, 3.63) is 71.5 Å². The lowest BCUT2D eigenvalue weighted by atomic mass is 10.1. The van der Waals surface area contributed by atoms with Crippen LogP contribution >= 0.6 is 22.9 Å². The van der Waals surface area contributed by atoms with Crippen molar-refractivity contribution in [1.82, 2.24) is 9.97 Å². The Kier molecular flexibility index (Phi) is 6.90. The number of pyridine rings is 1. The summed E-state index contributed by atoms with van der Waals surface area (Å²) in [4.78, 5) is 24.6. The van der Waals surface area contributed by atoms with E-state index < -0.39 is 5.60 Å². The molecule has 9 heteroatoms. The second-order valence-corrected chi connectivity index (χ2v) is 9.34. The van der Waals surface area contributed by atoms with Gasteiger partial charge in [-0.3, -0.25) is 14.7 Å². The number of nitrogens with zero attached hydrogens (tertiary/aromatic N) is 3. The van der Waals surface area contributed by atoms with Gasteiger partial charge in [-0.15, -0.1) is 0 Å². The van der Waals surface area contributed by atoms with Crippen LogP contribution in [-0.4, -0.2) is 35.7 Å². The van der Waals surface area contributed by atoms with E-state index in [-0.39, 0.29) is 12.5 Å². The molecule has 0 N–H and O–H groups in total. The molecule has 7 nitrogen and oxygen atoms in total. The van der Waals surface area contributed by atoms with Crippen molar-refractivity contribution in [2.24, 2.45) is 0 Å². The Balaban J connectivity index is 1.76. The highest BCUT2D eigenvalue weighted by Crippen LogP contribution is 2.41. The number of benzene rings is 2. The predicted molar refractivity (Wildman–Crippen MR) is 134 cm³/mol. The number of fused-ring (bicyclic) bond motifs is 1. The number of thiazole rings is 1. The maximum Gasteiger partial charge on any atom is 0.272 e. The first-order valence-corrected chi connectivity index (χ1v) is 11.7. The normalized spacial score (nSPS) is 11.3. The van der Waals surface area contributed by atoms with Crippen LogP contribution in [0.3, 0.4) is 0 Å². The number of anilines is 1. The molecule has 4 aromatic rings. The van der Waals surface area contributed by atoms with Crippen LogP contribution in [0.1, 0.15) is 19.5 Å². The number of methoxy groups -OCH3 is 2. The Bertz CT molecular complexity index is 1250. The minimum atomic E-state index is -1.20. The van der Waals surface area contributed by atoms with Crippen LogP contribution in [0, 0.1) is 0 Å². The first-order valence-electron chi connectivity index (χ1n) is 10.5. The largest absolute Gasteiger partial charge is 0.495 e. The van der Waals surface area contributed by atoms with Crippen LogP contribution < -0.4 is 19.1 Å². The number of hydrogen-bond acceptors (Lipinski definition) is 7. The van der Waals surface area contributed by atoms with Gasteiger partial charge in [-0.1, -0.05) is 29.0 Å². The summed E-state index contributed by atoms with van der Waals surface area (Å²) >= 11 is 7.34. The highest BCUT2D eigenvalue weighted by Gasteiger charge is 2.37. The first kappa shape index (κ1) is 23.8. The van der Waals surface area contributed by atoms with Crippen molar-refractivity contribution in [3.63, 3.8) is 0 Å². The smallest absolute Gasteiger partial charge is 0.272 e. The van der Waals surface area contributed by atoms with E-state index in [0.717, 1.165) is 10.4 Å². The Morgan fingerprint density at radius 2 is 1.74 bits per heavy atom. The van der Waals surface area contributed by atoms with Gasteiger partial charge in [0.2, 0.25) is 0 Å². The number of aromatic nitrogens is 2. The molecule has 0 bridgehead atoms. The summed E-state index contributed by atoms with van der Waals surface area (Å²) in [5.74, 6) is 1.51. The van der Waals surface area contributed by atoms with Gasteiger partial charge in [0.1, 0.15) is 27.5 Å². The molecule has 4 rings (SSSR count). The first-order chi connectivity index (χ1) is 16.3. The molecule has 0 spiro atoms. The van der Waals surface area contributed by atoms with E-state index in [1.165, 1.54) is 11.3 Å². The molecule has 176 valence electrons. The van der Waals surface area contributed by atoms with Crippen LogP contribution in [-0.2, 0) is 11.3 Å². The van der Waals surface area contributed by atoms with Crippen molar-refractivity contribution < 1.29 is 19.0 Å². The van der Waals surface area contributed by atoms with Gasteiger partial charge in [-0.2, -0.15) is 0 Å². The molecule has 0 unspecified atom stereocenters. The van der Waals surface area contributed by atoms with Crippen molar-refractivity contribution in [1.29, 1.82) is 0 Å². The highest BCUT2D eigenvalue weighted by atomic mass is 35.5. The van der Waals surface area contributed by atoms with E-state index in [4.69, 9.17) is 30.8 Å². The molecule has 2 aromatic carbocycles. The third kappa shape index (κ3) is 4.93. The van der Waals surface area contributed by atoms with Crippen LogP contribution in [0.5, 0.6) is 17.2 Å². The zero-order chi connectivity index (χ0) is 24.3. The summed E-state index contributed by atoms with van der Waals surface area (Å²) in [5, 5.41) is 1.08. The molecule has 0 saturated carbocycles. The van der Waals surface area contributed by atoms with Crippen molar-refractivity contribution in [2.75, 3.05) is 19.1 Å². The monoisotopic (exact) mass is 497 g/mol. The van der Waals surface area contributed by atoms with Gasteiger partial charge in [-0.05, 0) is 62.4 Å². The highest BCUT2D eigenvalue weighted by molar-refractivity contribution is 7.22. The van der Waals surface area contributed by atoms with Gasteiger partial charge in [-0.25, -0.2) is 4.98 Å². The van der Waals surface area contributed by atoms with Gasteiger partial charge < -0.3 is 14.2 Å². The number of carbonyl (C=O) groups is 1. The molecular formula is C25H24ClN3O4S. The summed E-state index contributed by atoms with van der Waals surface area (Å²) in [6, 6.07) is 16.1. The Morgan fingerprint density at radius 1 is 1.03 bits per heavy atom. The van der Waals surface area contributed by atoms with Crippen LogP contribution in [0.25, 0.3) is 10.2 Å². The predicted octanol–water partition coefficient (Wildman–Crippen LogP) is 5.75. The molecule has 1 amide bonds. The number of hydrogen-bond donors (Lipinski definition) is 0. The molecule has 0 aliphatic rings. The zero-order valence-electron chi connectivity index (χ0n) is 19.2. The third-order valence-corrected chi connectivity index (χ3v) is 6.47. The SMILES string of the molecule is COc1ccc(OC)c2sc(N(Cc3ccccn3)C(=O)C(C)(C)Oc3ccc(Cl)cc3)nc12. The average molecular weight is 498 g/mol. The molecule has 2 heterocycles. The number of amides is 1. The second-order valence-electron chi connectivity index (χ2n) is 7.92. The van der Waals surface area contributed by atoms with Gasteiger partial charge in [0.15, 0.2) is 10.7 Å². The topological polar surface area (TPSA) is 73.8 Å². The van der Waals surface area contributed by atoms with E-state index in [9.17, 15) is 4.79 Å². The standard InChI is InChI=1S/C25H24ClN3O4S/c1-25(2,33-18-10-8-16(26)9-11-18)23(30)29(15-17-7-5-6-14-27-17)24-28-21-19(31-3)12-13-20(32-4)22(21)34-24/h5-14H,15H2,1-4H3. The molecule has 2 aromatic heterocycles. The minimum Gasteiger partial charge on any atom is -0.495 e. The summed E-state index contributed by atoms with van der Waals surface area (Å²) in [6.45, 7) is 3.67. The molecule has 0 atom stereocenters.